The molecule has 1 aromatic carbocycles. The molecule has 0 saturated heterocycles. The number of hydrogen-bond acceptors (Lipinski definition) is 6. The van der Waals surface area contributed by atoms with E-state index >= 15 is 0 Å². The number of hydrogen-bond donors (Lipinski definition) is 2. The van der Waals surface area contributed by atoms with Gasteiger partial charge in [0.1, 0.15) is 5.69 Å². The maximum absolute atomic E-state index is 12.3. The number of sulfonamides is 1. The smallest absolute Gasteiger partial charge is 0.339 e. The zero-order chi connectivity index (χ0) is 21.0. The molecule has 3 rings (SSSR count). The van der Waals surface area contributed by atoms with Crippen LogP contribution < -0.4 is 10.0 Å². The Balaban J connectivity index is 1.60. The minimum absolute atomic E-state index is 0.0464. The fourth-order valence-corrected chi connectivity index (χ4v) is 3.97. The van der Waals surface area contributed by atoms with Crippen molar-refractivity contribution in [2.45, 2.75) is 44.2 Å². The van der Waals surface area contributed by atoms with E-state index in [0.29, 0.717) is 11.3 Å². The van der Waals surface area contributed by atoms with Crippen molar-refractivity contribution in [2.75, 3.05) is 6.61 Å². The third-order valence-corrected chi connectivity index (χ3v) is 5.94. The molecule has 0 radical (unpaired) electrons. The Morgan fingerprint density at radius 1 is 1.14 bits per heavy atom. The fourth-order valence-electron chi connectivity index (χ4n) is 2.66. The van der Waals surface area contributed by atoms with E-state index in [1.807, 2.05) is 0 Å². The number of benzene rings is 1. The number of nitrogens with one attached hydrogen (secondary N) is 2. The molecule has 1 fully saturated rings. The molecule has 29 heavy (non-hydrogen) atoms. The molecule has 1 heterocycles. The highest BCUT2D eigenvalue weighted by atomic mass is 32.2. The lowest BCUT2D eigenvalue weighted by Crippen LogP contribution is -2.26. The summed E-state index contributed by atoms with van der Waals surface area (Å²) in [4.78, 5) is 28.5. The molecule has 8 nitrogen and oxygen atoms in total. The largest absolute Gasteiger partial charge is 0.462 e. The highest BCUT2D eigenvalue weighted by Crippen LogP contribution is 2.22. The van der Waals surface area contributed by atoms with Crippen molar-refractivity contribution in [1.82, 2.24) is 15.0 Å². The first-order chi connectivity index (χ1) is 13.8. The number of ether oxygens (including phenoxy) is 1. The van der Waals surface area contributed by atoms with E-state index in [-0.39, 0.29) is 29.8 Å². The predicted octanol–water partition coefficient (Wildman–Crippen LogP) is 1.94. The second-order valence-electron chi connectivity index (χ2n) is 6.77. The van der Waals surface area contributed by atoms with Gasteiger partial charge in [-0.15, -0.1) is 0 Å². The number of nitrogens with zero attached hydrogens (tertiary/aromatic N) is 1. The average Bonchev–Trinajstić information content (AvgIpc) is 3.49. The molecule has 0 spiro atoms. The zero-order valence-electron chi connectivity index (χ0n) is 16.3. The van der Waals surface area contributed by atoms with Crippen molar-refractivity contribution in [3.63, 3.8) is 0 Å². The van der Waals surface area contributed by atoms with Crippen LogP contribution in [-0.4, -0.2) is 37.9 Å². The summed E-state index contributed by atoms with van der Waals surface area (Å²) in [5.41, 5.74) is 1.67. The van der Waals surface area contributed by atoms with Crippen LogP contribution in [0.25, 0.3) is 0 Å². The molecule has 0 unspecified atom stereocenters. The van der Waals surface area contributed by atoms with Gasteiger partial charge >= 0.3 is 5.97 Å². The van der Waals surface area contributed by atoms with Crippen LogP contribution in [0.3, 0.4) is 0 Å². The van der Waals surface area contributed by atoms with Gasteiger partial charge < -0.3 is 10.1 Å². The van der Waals surface area contributed by atoms with Gasteiger partial charge in [0, 0.05) is 12.6 Å². The summed E-state index contributed by atoms with van der Waals surface area (Å²) >= 11 is 0. The van der Waals surface area contributed by atoms with Crippen molar-refractivity contribution in [3.05, 3.63) is 58.9 Å². The van der Waals surface area contributed by atoms with Gasteiger partial charge in [-0.3, -0.25) is 4.79 Å². The van der Waals surface area contributed by atoms with E-state index in [1.165, 1.54) is 24.3 Å². The molecule has 2 N–H and O–H groups in total. The first-order valence-corrected chi connectivity index (χ1v) is 10.8. The summed E-state index contributed by atoms with van der Waals surface area (Å²) in [6.07, 6.45) is 1.75. The minimum atomic E-state index is -3.49. The molecule has 1 amide bonds. The molecule has 1 aromatic heterocycles. The number of rotatable bonds is 8. The number of aromatic nitrogens is 1. The maximum atomic E-state index is 12.3. The summed E-state index contributed by atoms with van der Waals surface area (Å²) < 4.78 is 31.9. The Labute approximate surface area is 169 Å². The first kappa shape index (κ1) is 20.9. The lowest BCUT2D eigenvalue weighted by Gasteiger charge is -2.09. The minimum Gasteiger partial charge on any atom is -0.462 e. The number of aryl methyl sites for hydroxylation is 1. The van der Waals surface area contributed by atoms with Crippen molar-refractivity contribution in [2.24, 2.45) is 0 Å². The summed E-state index contributed by atoms with van der Waals surface area (Å²) in [5.74, 6) is -0.869. The van der Waals surface area contributed by atoms with Crippen LogP contribution in [0.5, 0.6) is 0 Å². The third kappa shape index (κ3) is 5.39. The topological polar surface area (TPSA) is 114 Å². The van der Waals surface area contributed by atoms with Crippen molar-refractivity contribution < 1.29 is 22.7 Å². The lowest BCUT2D eigenvalue weighted by atomic mass is 10.1. The number of carbonyl (C=O) groups is 2. The number of carbonyl (C=O) groups excluding carboxylic acids is 2. The van der Waals surface area contributed by atoms with Gasteiger partial charge in [0.15, 0.2) is 0 Å². The van der Waals surface area contributed by atoms with Crippen LogP contribution >= 0.6 is 0 Å². The van der Waals surface area contributed by atoms with Crippen LogP contribution in [0, 0.1) is 6.92 Å². The highest BCUT2D eigenvalue weighted by Gasteiger charge is 2.27. The summed E-state index contributed by atoms with van der Waals surface area (Å²) in [5, 5.41) is 2.73. The Morgan fingerprint density at radius 2 is 1.83 bits per heavy atom. The number of amides is 1. The van der Waals surface area contributed by atoms with E-state index in [4.69, 9.17) is 4.74 Å². The van der Waals surface area contributed by atoms with E-state index in [1.54, 1.807) is 26.0 Å². The number of pyridine rings is 1. The maximum Gasteiger partial charge on any atom is 0.339 e. The summed E-state index contributed by atoms with van der Waals surface area (Å²) in [6, 6.07) is 9.38. The molecular weight excluding hydrogens is 394 g/mol. The average molecular weight is 417 g/mol. The molecule has 0 atom stereocenters. The monoisotopic (exact) mass is 417 g/mol. The summed E-state index contributed by atoms with van der Waals surface area (Å²) in [7, 11) is -3.49. The zero-order valence-corrected chi connectivity index (χ0v) is 17.1. The fraction of sp³-hybridized carbons (Fsp3) is 0.350. The highest BCUT2D eigenvalue weighted by molar-refractivity contribution is 7.89. The Morgan fingerprint density at radius 3 is 2.41 bits per heavy atom. The summed E-state index contributed by atoms with van der Waals surface area (Å²) in [6.45, 7) is 3.83. The third-order valence-electron chi connectivity index (χ3n) is 4.40. The Bertz CT molecular complexity index is 1010. The SMILES string of the molecule is CCOC(=O)c1ccc(C(=O)NCc2ccc(S(=O)(=O)NC3CC3)cc2)nc1C. The van der Waals surface area contributed by atoms with E-state index in [2.05, 4.69) is 15.0 Å². The van der Waals surface area contributed by atoms with E-state index in [9.17, 15) is 18.0 Å². The predicted molar refractivity (Wildman–Crippen MR) is 106 cm³/mol. The van der Waals surface area contributed by atoms with Crippen molar-refractivity contribution in [1.29, 1.82) is 0 Å². The van der Waals surface area contributed by atoms with Crippen LogP contribution in [0.2, 0.25) is 0 Å². The van der Waals surface area contributed by atoms with E-state index < -0.39 is 21.9 Å². The van der Waals surface area contributed by atoms with Gasteiger partial charge in [0.2, 0.25) is 10.0 Å². The molecule has 154 valence electrons. The standard InChI is InChI=1S/C20H23N3O5S/c1-3-28-20(25)17-10-11-18(22-13(17)2)19(24)21-12-14-4-8-16(9-5-14)29(26,27)23-15-6-7-15/h4-5,8-11,15,23H,3,6-7,12H2,1-2H3,(H,21,24). The second-order valence-corrected chi connectivity index (χ2v) is 8.49. The molecule has 0 aliphatic heterocycles. The van der Waals surface area contributed by atoms with Crippen LogP contribution in [0.1, 0.15) is 51.9 Å². The molecule has 2 aromatic rings. The Kier molecular flexibility index (Phi) is 6.29. The van der Waals surface area contributed by atoms with Gasteiger partial charge in [-0.1, -0.05) is 12.1 Å². The van der Waals surface area contributed by atoms with Crippen molar-refractivity contribution in [3.8, 4) is 0 Å². The van der Waals surface area contributed by atoms with Crippen LogP contribution in [0.15, 0.2) is 41.3 Å². The van der Waals surface area contributed by atoms with Crippen LogP contribution in [0.4, 0.5) is 0 Å². The van der Waals surface area contributed by atoms with E-state index in [0.717, 1.165) is 18.4 Å². The molecule has 9 heteroatoms. The molecular formula is C20H23N3O5S. The van der Waals surface area contributed by atoms with Gasteiger partial charge in [0.25, 0.3) is 5.91 Å². The van der Waals surface area contributed by atoms with Crippen molar-refractivity contribution >= 4 is 21.9 Å². The second kappa shape index (κ2) is 8.71. The van der Waals surface area contributed by atoms with Gasteiger partial charge in [-0.05, 0) is 56.5 Å². The number of esters is 1. The Hall–Kier alpha value is -2.78. The van der Waals surface area contributed by atoms with Crippen LogP contribution in [-0.2, 0) is 21.3 Å². The lowest BCUT2D eigenvalue weighted by molar-refractivity contribution is 0.0524. The molecule has 1 aliphatic rings. The quantitative estimate of drug-likeness (QED) is 0.635. The van der Waals surface area contributed by atoms with Gasteiger partial charge in [0.05, 0.1) is 22.8 Å². The molecule has 1 aliphatic carbocycles. The molecule has 0 bridgehead atoms. The van der Waals surface area contributed by atoms with Gasteiger partial charge in [-0.25, -0.2) is 22.9 Å². The first-order valence-electron chi connectivity index (χ1n) is 9.34. The molecule has 1 saturated carbocycles. The van der Waals surface area contributed by atoms with Gasteiger partial charge in [-0.2, -0.15) is 0 Å². The normalized spacial score (nSPS) is 13.7.